The van der Waals surface area contributed by atoms with Crippen molar-refractivity contribution < 1.29 is 19.4 Å². The average molecular weight is 260 g/mol. The largest absolute Gasteiger partial charge is 0.496 e. The van der Waals surface area contributed by atoms with E-state index in [0.717, 1.165) is 0 Å². The number of ether oxygens (including phenoxy) is 2. The van der Waals surface area contributed by atoms with Gasteiger partial charge in [-0.25, -0.2) is 0 Å². The van der Waals surface area contributed by atoms with Crippen molar-refractivity contribution in [1.82, 2.24) is 0 Å². The Bertz CT molecular complexity index is 422. The van der Waals surface area contributed by atoms with E-state index in [1.165, 1.54) is 14.2 Å². The van der Waals surface area contributed by atoms with Gasteiger partial charge in [-0.05, 0) is 6.07 Å². The minimum absolute atomic E-state index is 0.145. The summed E-state index contributed by atoms with van der Waals surface area (Å²) in [5.74, 6) is -0.117. The average Bonchev–Trinajstić information content (AvgIpc) is 2.30. The highest BCUT2D eigenvalue weighted by molar-refractivity contribution is 6.32. The number of benzene rings is 1. The summed E-state index contributed by atoms with van der Waals surface area (Å²) < 4.78 is 10.2. The van der Waals surface area contributed by atoms with Crippen molar-refractivity contribution in [3.63, 3.8) is 0 Å². The van der Waals surface area contributed by atoms with Crippen molar-refractivity contribution in [2.24, 2.45) is 5.73 Å². The van der Waals surface area contributed by atoms with Crippen LogP contribution in [0, 0.1) is 0 Å². The maximum absolute atomic E-state index is 10.7. The van der Waals surface area contributed by atoms with Gasteiger partial charge in [-0.2, -0.15) is 0 Å². The normalized spacial score (nSPS) is 12.0. The van der Waals surface area contributed by atoms with Crippen molar-refractivity contribution in [1.29, 1.82) is 0 Å². The van der Waals surface area contributed by atoms with Gasteiger partial charge in [0.15, 0.2) is 0 Å². The molecule has 1 unspecified atom stereocenters. The number of carboxylic acid groups (broad SMARTS) is 1. The van der Waals surface area contributed by atoms with E-state index in [9.17, 15) is 4.79 Å². The topological polar surface area (TPSA) is 81.8 Å². The lowest BCUT2D eigenvalue weighted by Crippen LogP contribution is -2.32. The van der Waals surface area contributed by atoms with E-state index in [2.05, 4.69) is 0 Å². The summed E-state index contributed by atoms with van der Waals surface area (Å²) in [6.07, 6.45) is 0.145. The van der Waals surface area contributed by atoms with Crippen LogP contribution >= 0.6 is 11.6 Å². The fourth-order valence-electron chi connectivity index (χ4n) is 1.41. The molecular weight excluding hydrogens is 246 g/mol. The number of carbonyl (C=O) groups is 1. The molecule has 0 aliphatic rings. The third-order valence-electron chi connectivity index (χ3n) is 2.31. The molecule has 0 aromatic heterocycles. The zero-order valence-corrected chi connectivity index (χ0v) is 10.3. The SMILES string of the molecule is COc1cc(CC(N)C(=O)O)c(OC)cc1Cl. The Morgan fingerprint density at radius 2 is 2.00 bits per heavy atom. The quantitative estimate of drug-likeness (QED) is 0.833. The number of nitrogens with two attached hydrogens (primary N) is 1. The molecule has 5 nitrogen and oxygen atoms in total. The molecule has 1 rings (SSSR count). The molecule has 0 saturated heterocycles. The maximum Gasteiger partial charge on any atom is 0.320 e. The standard InChI is InChI=1S/C11H14ClNO4/c1-16-9-5-7(12)10(17-2)4-6(9)3-8(13)11(14)15/h4-5,8H,3,13H2,1-2H3,(H,14,15). The van der Waals surface area contributed by atoms with Crippen LogP contribution in [0.3, 0.4) is 0 Å². The number of methoxy groups -OCH3 is 2. The van der Waals surface area contributed by atoms with Crippen LogP contribution in [0.1, 0.15) is 5.56 Å². The highest BCUT2D eigenvalue weighted by Gasteiger charge is 2.17. The molecule has 0 spiro atoms. The van der Waals surface area contributed by atoms with Gasteiger partial charge < -0.3 is 20.3 Å². The molecule has 3 N–H and O–H groups in total. The molecule has 0 heterocycles. The molecule has 0 aliphatic heterocycles. The number of hydrogen-bond donors (Lipinski definition) is 2. The molecule has 0 aliphatic carbocycles. The minimum Gasteiger partial charge on any atom is -0.496 e. The zero-order valence-electron chi connectivity index (χ0n) is 9.57. The number of hydrogen-bond acceptors (Lipinski definition) is 4. The number of halogens is 1. The number of carboxylic acids is 1. The first-order valence-electron chi connectivity index (χ1n) is 4.88. The van der Waals surface area contributed by atoms with Crippen molar-refractivity contribution in [3.05, 3.63) is 22.7 Å². The summed E-state index contributed by atoms with van der Waals surface area (Å²) in [7, 11) is 2.96. The summed E-state index contributed by atoms with van der Waals surface area (Å²) in [6, 6.07) is 2.21. The van der Waals surface area contributed by atoms with Crippen LogP contribution in [-0.4, -0.2) is 31.3 Å². The van der Waals surface area contributed by atoms with Crippen molar-refractivity contribution >= 4 is 17.6 Å². The van der Waals surface area contributed by atoms with Gasteiger partial charge >= 0.3 is 5.97 Å². The molecule has 0 saturated carbocycles. The predicted molar refractivity (Wildman–Crippen MR) is 63.9 cm³/mol. The highest BCUT2D eigenvalue weighted by atomic mass is 35.5. The van der Waals surface area contributed by atoms with Crippen LogP contribution in [0.2, 0.25) is 5.02 Å². The molecule has 1 atom stereocenters. The second-order valence-corrected chi connectivity index (χ2v) is 3.85. The Labute approximate surface area is 104 Å². The first-order valence-corrected chi connectivity index (χ1v) is 5.26. The van der Waals surface area contributed by atoms with E-state index in [0.29, 0.717) is 22.1 Å². The summed E-state index contributed by atoms with van der Waals surface area (Å²) in [6.45, 7) is 0. The monoisotopic (exact) mass is 259 g/mol. The second-order valence-electron chi connectivity index (χ2n) is 3.45. The van der Waals surface area contributed by atoms with Gasteiger partial charge in [-0.15, -0.1) is 0 Å². The van der Waals surface area contributed by atoms with Crippen molar-refractivity contribution in [2.75, 3.05) is 14.2 Å². The molecule has 1 aromatic rings. The minimum atomic E-state index is -1.07. The second kappa shape index (κ2) is 5.75. The smallest absolute Gasteiger partial charge is 0.320 e. The number of rotatable bonds is 5. The summed E-state index contributed by atoms with van der Waals surface area (Å²) in [5, 5.41) is 9.16. The van der Waals surface area contributed by atoms with E-state index in [1.807, 2.05) is 0 Å². The van der Waals surface area contributed by atoms with Crippen molar-refractivity contribution in [3.8, 4) is 11.5 Å². The summed E-state index contributed by atoms with van der Waals surface area (Å²) in [4.78, 5) is 10.7. The van der Waals surface area contributed by atoms with E-state index in [1.54, 1.807) is 12.1 Å². The molecule has 0 bridgehead atoms. The Morgan fingerprint density at radius 3 is 2.47 bits per heavy atom. The van der Waals surface area contributed by atoms with Gasteiger partial charge in [-0.1, -0.05) is 11.6 Å². The molecular formula is C11H14ClNO4. The third kappa shape index (κ3) is 3.25. The van der Waals surface area contributed by atoms with Gasteiger partial charge in [0, 0.05) is 18.1 Å². The zero-order chi connectivity index (χ0) is 13.0. The lowest BCUT2D eigenvalue weighted by molar-refractivity contribution is -0.138. The van der Waals surface area contributed by atoms with Gasteiger partial charge in [0.05, 0.1) is 19.2 Å². The Balaban J connectivity index is 3.08. The predicted octanol–water partition coefficient (Wildman–Crippen LogP) is 1.31. The molecule has 1 aromatic carbocycles. The lowest BCUT2D eigenvalue weighted by Gasteiger charge is -2.13. The van der Waals surface area contributed by atoms with Crippen LogP contribution in [0.25, 0.3) is 0 Å². The summed E-state index contributed by atoms with van der Waals surface area (Å²) in [5.41, 5.74) is 6.12. The van der Waals surface area contributed by atoms with Crippen LogP contribution < -0.4 is 15.2 Å². The van der Waals surface area contributed by atoms with Crippen LogP contribution in [0.4, 0.5) is 0 Å². The Morgan fingerprint density at radius 1 is 1.41 bits per heavy atom. The molecule has 0 radical (unpaired) electrons. The fourth-order valence-corrected chi connectivity index (χ4v) is 1.64. The van der Waals surface area contributed by atoms with Gasteiger partial charge in [0.1, 0.15) is 17.5 Å². The molecule has 94 valence electrons. The molecule has 0 fully saturated rings. The van der Waals surface area contributed by atoms with Crippen LogP contribution in [0.15, 0.2) is 12.1 Å². The van der Waals surface area contributed by atoms with Crippen LogP contribution in [0.5, 0.6) is 11.5 Å². The van der Waals surface area contributed by atoms with E-state index < -0.39 is 12.0 Å². The number of aliphatic carboxylic acids is 1. The van der Waals surface area contributed by atoms with Gasteiger partial charge in [0.25, 0.3) is 0 Å². The Hall–Kier alpha value is -1.46. The van der Waals surface area contributed by atoms with E-state index in [4.69, 9.17) is 31.9 Å². The first-order chi connectivity index (χ1) is 7.99. The molecule has 6 heteroatoms. The van der Waals surface area contributed by atoms with Gasteiger partial charge in [-0.3, -0.25) is 4.79 Å². The first kappa shape index (κ1) is 13.6. The highest BCUT2D eigenvalue weighted by Crippen LogP contribution is 2.32. The molecule has 0 amide bonds. The van der Waals surface area contributed by atoms with Gasteiger partial charge in [0.2, 0.25) is 0 Å². The van der Waals surface area contributed by atoms with Crippen LogP contribution in [-0.2, 0) is 11.2 Å². The Kier molecular flexibility index (Phi) is 4.60. The third-order valence-corrected chi connectivity index (χ3v) is 2.61. The lowest BCUT2D eigenvalue weighted by atomic mass is 10.1. The van der Waals surface area contributed by atoms with Crippen molar-refractivity contribution in [2.45, 2.75) is 12.5 Å². The summed E-state index contributed by atoms with van der Waals surface area (Å²) >= 11 is 5.93. The van der Waals surface area contributed by atoms with E-state index in [-0.39, 0.29) is 6.42 Å². The maximum atomic E-state index is 10.7. The van der Waals surface area contributed by atoms with E-state index >= 15 is 0 Å². The fraction of sp³-hybridized carbons (Fsp3) is 0.364. The molecule has 17 heavy (non-hydrogen) atoms.